The maximum Gasteiger partial charge on any atom is 0.344 e. The average Bonchev–Trinajstić information content (AvgIpc) is 3.50. The predicted octanol–water partition coefficient (Wildman–Crippen LogP) is 0.820. The van der Waals surface area contributed by atoms with Crippen molar-refractivity contribution in [2.24, 2.45) is 0 Å². The van der Waals surface area contributed by atoms with E-state index in [1.165, 1.54) is 10.8 Å². The molecule has 1 saturated heterocycles. The van der Waals surface area contributed by atoms with Crippen LogP contribution in [0, 0.1) is 0 Å². The fraction of sp³-hybridized carbons (Fsp3) is 0.409. The minimum Gasteiger partial charge on any atom is -0.482 e. The van der Waals surface area contributed by atoms with E-state index in [2.05, 4.69) is 30.0 Å². The lowest BCUT2D eigenvalue weighted by Gasteiger charge is -2.36. The maximum atomic E-state index is 11.4. The zero-order valence-corrected chi connectivity index (χ0v) is 19.0. The third-order valence-electron chi connectivity index (χ3n) is 5.90. The lowest BCUT2D eigenvalue weighted by atomic mass is 10.2. The first-order valence-corrected chi connectivity index (χ1v) is 11.3. The molecule has 0 spiro atoms. The van der Waals surface area contributed by atoms with Gasteiger partial charge in [-0.3, -0.25) is 4.90 Å². The number of anilines is 2. The largest absolute Gasteiger partial charge is 0.482 e. The van der Waals surface area contributed by atoms with E-state index in [0.717, 1.165) is 49.4 Å². The number of aromatic nitrogens is 6. The Labute approximate surface area is 195 Å². The van der Waals surface area contributed by atoms with Crippen molar-refractivity contribution in [2.45, 2.75) is 13.5 Å². The van der Waals surface area contributed by atoms with Crippen molar-refractivity contribution >= 4 is 34.3 Å². The molecule has 0 bridgehead atoms. The fourth-order valence-corrected chi connectivity index (χ4v) is 4.13. The van der Waals surface area contributed by atoms with Crippen molar-refractivity contribution in [1.29, 1.82) is 0 Å². The highest BCUT2D eigenvalue weighted by molar-refractivity contribution is 5.89. The molecule has 0 unspecified atom stereocenters. The molecule has 12 heteroatoms. The number of carbonyl (C=O) groups excluding carboxylic acids is 1. The minimum absolute atomic E-state index is 0.0800. The van der Waals surface area contributed by atoms with Gasteiger partial charge < -0.3 is 20.1 Å². The monoisotopic (exact) mass is 465 g/mol. The van der Waals surface area contributed by atoms with Gasteiger partial charge in [0.15, 0.2) is 17.9 Å². The normalized spacial score (nSPS) is 14.7. The molecule has 4 heterocycles. The molecule has 34 heavy (non-hydrogen) atoms. The Kier molecular flexibility index (Phi) is 6.12. The Hall–Kier alpha value is -3.93. The number of rotatable bonds is 8. The van der Waals surface area contributed by atoms with Gasteiger partial charge in [0, 0.05) is 38.4 Å². The van der Waals surface area contributed by atoms with Crippen LogP contribution in [0.15, 0.2) is 36.8 Å². The minimum atomic E-state index is -0.364. The van der Waals surface area contributed by atoms with E-state index in [-0.39, 0.29) is 12.6 Å². The molecular weight excluding hydrogens is 438 g/mol. The van der Waals surface area contributed by atoms with Crippen LogP contribution in [-0.2, 0) is 16.1 Å². The number of nitrogen functional groups attached to an aromatic ring is 1. The van der Waals surface area contributed by atoms with E-state index in [4.69, 9.17) is 15.2 Å². The number of fused-ring (bicyclic) bond motifs is 3. The molecule has 0 amide bonds. The summed E-state index contributed by atoms with van der Waals surface area (Å²) in [4.78, 5) is 24.9. The lowest BCUT2D eigenvalue weighted by Crippen LogP contribution is -2.47. The van der Waals surface area contributed by atoms with Crippen LogP contribution >= 0.6 is 0 Å². The van der Waals surface area contributed by atoms with Crippen LogP contribution in [-0.4, -0.2) is 86.2 Å². The molecule has 0 saturated carbocycles. The number of carbonyl (C=O) groups is 1. The Morgan fingerprint density at radius 2 is 1.85 bits per heavy atom. The molecule has 1 aliphatic rings. The van der Waals surface area contributed by atoms with Crippen molar-refractivity contribution in [3.05, 3.63) is 36.8 Å². The van der Waals surface area contributed by atoms with Crippen LogP contribution in [0.5, 0.6) is 5.75 Å². The van der Waals surface area contributed by atoms with Crippen molar-refractivity contribution in [1.82, 2.24) is 34.3 Å². The second-order valence-corrected chi connectivity index (χ2v) is 7.99. The number of benzene rings is 1. The predicted molar refractivity (Wildman–Crippen MR) is 126 cm³/mol. The van der Waals surface area contributed by atoms with Gasteiger partial charge in [-0.25, -0.2) is 14.5 Å². The molecule has 5 rings (SSSR count). The Morgan fingerprint density at radius 1 is 1.06 bits per heavy atom. The average molecular weight is 466 g/mol. The molecule has 178 valence electrons. The first-order chi connectivity index (χ1) is 16.6. The van der Waals surface area contributed by atoms with Gasteiger partial charge in [0.05, 0.1) is 24.7 Å². The van der Waals surface area contributed by atoms with E-state index >= 15 is 0 Å². The van der Waals surface area contributed by atoms with E-state index in [0.29, 0.717) is 30.5 Å². The number of hydrogen-bond acceptors (Lipinski definition) is 10. The molecule has 1 aromatic carbocycles. The van der Waals surface area contributed by atoms with Crippen LogP contribution in [0.4, 0.5) is 11.6 Å². The van der Waals surface area contributed by atoms with Gasteiger partial charge in [-0.2, -0.15) is 19.7 Å². The Morgan fingerprint density at radius 3 is 2.62 bits per heavy atom. The number of ether oxygens (including phenoxy) is 2. The molecule has 4 aromatic rings. The highest BCUT2D eigenvalue weighted by Crippen LogP contribution is 2.21. The molecule has 0 atom stereocenters. The van der Waals surface area contributed by atoms with Crippen LogP contribution in [0.1, 0.15) is 6.92 Å². The molecule has 3 aromatic heterocycles. The first-order valence-electron chi connectivity index (χ1n) is 11.3. The van der Waals surface area contributed by atoms with Crippen molar-refractivity contribution < 1.29 is 14.3 Å². The molecule has 2 N–H and O–H groups in total. The number of nitrogens with two attached hydrogens (primary N) is 1. The first kappa shape index (κ1) is 21.9. The summed E-state index contributed by atoms with van der Waals surface area (Å²) in [6.45, 7) is 7.37. The molecule has 12 nitrogen and oxygen atoms in total. The second-order valence-electron chi connectivity index (χ2n) is 7.99. The van der Waals surface area contributed by atoms with Crippen LogP contribution in [0.2, 0.25) is 0 Å². The summed E-state index contributed by atoms with van der Waals surface area (Å²) in [6, 6.07) is 7.81. The Balaban J connectivity index is 1.13. The van der Waals surface area contributed by atoms with Crippen molar-refractivity contribution in [3.63, 3.8) is 0 Å². The highest BCUT2D eigenvalue weighted by Gasteiger charge is 2.19. The zero-order chi connectivity index (χ0) is 23.5. The summed E-state index contributed by atoms with van der Waals surface area (Å²) in [7, 11) is 0. The van der Waals surface area contributed by atoms with E-state index in [1.807, 2.05) is 28.9 Å². The molecule has 1 fully saturated rings. The maximum absolute atomic E-state index is 11.4. The standard InChI is InChI=1S/C22H27N9O3/c1-2-33-19(32)14-34-17-5-3-16(4-6-17)29-10-7-28(8-11-29)9-12-30-21-18(13-25-30)20-24-15-26-31(20)22(23)27-21/h3-6,13,15H,2,7-12,14H2,1H3,(H2,23,27). The van der Waals surface area contributed by atoms with Gasteiger partial charge in [0.1, 0.15) is 12.1 Å². The molecule has 1 aliphatic heterocycles. The SMILES string of the molecule is CCOC(=O)COc1ccc(N2CCN(CCn3ncc4c3nc(N)n3ncnc43)CC2)cc1. The smallest absolute Gasteiger partial charge is 0.344 e. The number of hydrogen-bond donors (Lipinski definition) is 1. The molecular formula is C22H27N9O3. The summed E-state index contributed by atoms with van der Waals surface area (Å²) >= 11 is 0. The summed E-state index contributed by atoms with van der Waals surface area (Å²) in [5.41, 5.74) is 8.55. The van der Waals surface area contributed by atoms with E-state index in [9.17, 15) is 4.79 Å². The summed E-state index contributed by atoms with van der Waals surface area (Å²) < 4.78 is 13.7. The van der Waals surface area contributed by atoms with E-state index < -0.39 is 0 Å². The summed E-state index contributed by atoms with van der Waals surface area (Å²) in [6.07, 6.45) is 3.23. The van der Waals surface area contributed by atoms with Gasteiger partial charge in [-0.1, -0.05) is 0 Å². The Bertz CT molecular complexity index is 1280. The fourth-order valence-electron chi connectivity index (χ4n) is 4.13. The zero-order valence-electron chi connectivity index (χ0n) is 19.0. The summed E-state index contributed by atoms with van der Waals surface area (Å²) in [5.74, 6) is 0.587. The number of esters is 1. The lowest BCUT2D eigenvalue weighted by molar-refractivity contribution is -0.145. The van der Waals surface area contributed by atoms with Gasteiger partial charge in [-0.15, -0.1) is 0 Å². The van der Waals surface area contributed by atoms with Gasteiger partial charge >= 0.3 is 5.97 Å². The number of nitrogens with zero attached hydrogens (tertiary/aromatic N) is 8. The second kappa shape index (κ2) is 9.51. The number of piperazine rings is 1. The van der Waals surface area contributed by atoms with E-state index in [1.54, 1.807) is 13.1 Å². The topological polar surface area (TPSA) is 129 Å². The highest BCUT2D eigenvalue weighted by atomic mass is 16.6. The molecule has 0 aliphatic carbocycles. The van der Waals surface area contributed by atoms with Gasteiger partial charge in [-0.05, 0) is 31.2 Å². The van der Waals surface area contributed by atoms with Crippen LogP contribution in [0.25, 0.3) is 16.7 Å². The van der Waals surface area contributed by atoms with Crippen molar-refractivity contribution in [2.75, 3.05) is 56.6 Å². The third-order valence-corrected chi connectivity index (χ3v) is 5.90. The summed E-state index contributed by atoms with van der Waals surface area (Å²) in [5, 5.41) is 9.44. The van der Waals surface area contributed by atoms with Gasteiger partial charge in [0.2, 0.25) is 5.95 Å². The molecule has 0 radical (unpaired) electrons. The quantitative estimate of drug-likeness (QED) is 0.373. The van der Waals surface area contributed by atoms with Crippen LogP contribution in [0.3, 0.4) is 0 Å². The van der Waals surface area contributed by atoms with Crippen molar-refractivity contribution in [3.8, 4) is 5.75 Å². The third kappa shape index (κ3) is 4.44. The van der Waals surface area contributed by atoms with Gasteiger partial charge in [0.25, 0.3) is 0 Å². The van der Waals surface area contributed by atoms with Crippen LogP contribution < -0.4 is 15.4 Å².